The summed E-state index contributed by atoms with van der Waals surface area (Å²) in [4.78, 5) is 0. The molecule has 2 N–H and O–H groups in total. The van der Waals surface area contributed by atoms with Gasteiger partial charge in [-0.3, -0.25) is 4.40 Å². The number of anilines is 1. The van der Waals surface area contributed by atoms with Gasteiger partial charge in [-0.05, 0) is 18.6 Å². The van der Waals surface area contributed by atoms with Gasteiger partial charge in [0.05, 0.1) is 11.5 Å². The number of hydrogen-bond acceptors (Lipinski definition) is 5. The maximum Gasteiger partial charge on any atom is 0.160 e. The van der Waals surface area contributed by atoms with Gasteiger partial charge in [-0.15, -0.1) is 10.2 Å². The Labute approximate surface area is 98.4 Å². The number of hydrogen-bond donors (Lipinski definition) is 1. The lowest BCUT2D eigenvalue weighted by atomic mass is 10.1. The zero-order valence-electron chi connectivity index (χ0n) is 9.07. The Balaban J connectivity index is 2.09. The highest BCUT2D eigenvalue weighted by atomic mass is 32.2. The van der Waals surface area contributed by atoms with Gasteiger partial charge in [0.25, 0.3) is 0 Å². The van der Waals surface area contributed by atoms with Gasteiger partial charge < -0.3 is 5.73 Å². The van der Waals surface area contributed by atoms with E-state index in [0.717, 1.165) is 0 Å². The van der Waals surface area contributed by atoms with E-state index in [1.807, 2.05) is 0 Å². The van der Waals surface area contributed by atoms with E-state index in [2.05, 4.69) is 10.2 Å². The molecule has 2 aromatic rings. The maximum absolute atomic E-state index is 11.5. The molecular weight excluding hydrogens is 240 g/mol. The molecule has 0 spiro atoms. The van der Waals surface area contributed by atoms with Crippen LogP contribution in [-0.4, -0.2) is 34.5 Å². The smallest absolute Gasteiger partial charge is 0.160 e. The molecule has 0 radical (unpaired) electrons. The summed E-state index contributed by atoms with van der Waals surface area (Å²) in [6.07, 6.45) is 2.34. The standard InChI is InChI=1S/C10H12N4O2S/c11-8-1-2-9-12-13-10(14(9)5-8)7-3-4-17(15,16)6-7/h1-2,5,7H,3-4,6,11H2. The summed E-state index contributed by atoms with van der Waals surface area (Å²) < 4.78 is 24.7. The fraction of sp³-hybridized carbons (Fsp3) is 0.400. The summed E-state index contributed by atoms with van der Waals surface area (Å²) in [5.41, 5.74) is 7.01. The van der Waals surface area contributed by atoms with E-state index in [9.17, 15) is 8.42 Å². The fourth-order valence-corrected chi connectivity index (χ4v) is 3.94. The predicted octanol–water partition coefficient (Wildman–Crippen LogP) is 0.214. The molecule has 90 valence electrons. The van der Waals surface area contributed by atoms with Crippen molar-refractivity contribution in [3.05, 3.63) is 24.2 Å². The molecular formula is C10H12N4O2S. The van der Waals surface area contributed by atoms with Crippen LogP contribution in [0.25, 0.3) is 5.65 Å². The highest BCUT2D eigenvalue weighted by molar-refractivity contribution is 7.91. The van der Waals surface area contributed by atoms with Crippen LogP contribution in [0.4, 0.5) is 5.69 Å². The zero-order chi connectivity index (χ0) is 12.0. The number of pyridine rings is 1. The fourth-order valence-electron chi connectivity index (χ4n) is 2.20. The quantitative estimate of drug-likeness (QED) is 0.783. The van der Waals surface area contributed by atoms with Crippen LogP contribution in [0.2, 0.25) is 0 Å². The minimum atomic E-state index is -2.91. The molecule has 3 rings (SSSR count). The zero-order valence-corrected chi connectivity index (χ0v) is 9.89. The molecule has 0 amide bonds. The van der Waals surface area contributed by atoms with Crippen LogP contribution in [0.15, 0.2) is 18.3 Å². The number of fused-ring (bicyclic) bond motifs is 1. The number of sulfone groups is 1. The van der Waals surface area contributed by atoms with Crippen molar-refractivity contribution in [2.75, 3.05) is 17.2 Å². The van der Waals surface area contributed by atoms with Gasteiger partial charge >= 0.3 is 0 Å². The van der Waals surface area contributed by atoms with Crippen molar-refractivity contribution >= 4 is 21.2 Å². The summed E-state index contributed by atoms with van der Waals surface area (Å²) in [6.45, 7) is 0. The van der Waals surface area contributed by atoms with Gasteiger partial charge in [-0.2, -0.15) is 0 Å². The molecule has 2 aromatic heterocycles. The number of rotatable bonds is 1. The van der Waals surface area contributed by atoms with E-state index in [1.165, 1.54) is 0 Å². The van der Waals surface area contributed by atoms with Crippen LogP contribution in [0, 0.1) is 0 Å². The monoisotopic (exact) mass is 252 g/mol. The maximum atomic E-state index is 11.5. The van der Waals surface area contributed by atoms with Gasteiger partial charge in [0.15, 0.2) is 15.5 Å². The van der Waals surface area contributed by atoms with Crippen LogP contribution < -0.4 is 5.73 Å². The lowest BCUT2D eigenvalue weighted by Gasteiger charge is -2.05. The van der Waals surface area contributed by atoms with E-state index in [0.29, 0.717) is 23.6 Å². The molecule has 0 aromatic carbocycles. The molecule has 0 aliphatic carbocycles. The van der Waals surface area contributed by atoms with E-state index in [1.54, 1.807) is 22.7 Å². The summed E-state index contributed by atoms with van der Waals surface area (Å²) in [5.74, 6) is 1.00. The Morgan fingerprint density at radius 2 is 2.18 bits per heavy atom. The van der Waals surface area contributed by atoms with Crippen LogP contribution >= 0.6 is 0 Å². The molecule has 1 aliphatic heterocycles. The van der Waals surface area contributed by atoms with Crippen molar-refractivity contribution in [3.8, 4) is 0 Å². The van der Waals surface area contributed by atoms with Crippen molar-refractivity contribution in [3.63, 3.8) is 0 Å². The third kappa shape index (κ3) is 1.76. The minimum Gasteiger partial charge on any atom is -0.398 e. The van der Waals surface area contributed by atoms with Crippen LogP contribution in [0.5, 0.6) is 0 Å². The van der Waals surface area contributed by atoms with Crippen molar-refractivity contribution in [1.29, 1.82) is 0 Å². The Hall–Kier alpha value is -1.63. The third-order valence-electron chi connectivity index (χ3n) is 3.05. The minimum absolute atomic E-state index is 0.0724. The highest BCUT2D eigenvalue weighted by Crippen LogP contribution is 2.28. The van der Waals surface area contributed by atoms with Crippen molar-refractivity contribution in [2.24, 2.45) is 0 Å². The number of aromatic nitrogens is 3. The Morgan fingerprint density at radius 1 is 1.35 bits per heavy atom. The molecule has 3 heterocycles. The van der Waals surface area contributed by atoms with Crippen molar-refractivity contribution < 1.29 is 8.42 Å². The van der Waals surface area contributed by atoms with Gasteiger partial charge in [0.1, 0.15) is 5.82 Å². The average molecular weight is 252 g/mol. The Bertz CT molecular complexity index is 677. The molecule has 7 heteroatoms. The molecule has 1 unspecified atom stereocenters. The first-order chi connectivity index (χ1) is 8.05. The molecule has 1 fully saturated rings. The molecule has 0 saturated carbocycles. The molecule has 6 nitrogen and oxygen atoms in total. The van der Waals surface area contributed by atoms with E-state index in [4.69, 9.17) is 5.73 Å². The number of nitrogens with zero attached hydrogens (tertiary/aromatic N) is 3. The molecule has 17 heavy (non-hydrogen) atoms. The van der Waals surface area contributed by atoms with Crippen LogP contribution in [0.3, 0.4) is 0 Å². The van der Waals surface area contributed by atoms with Crippen LogP contribution in [-0.2, 0) is 9.84 Å². The highest BCUT2D eigenvalue weighted by Gasteiger charge is 2.32. The normalized spacial score (nSPS) is 23.2. The first kappa shape index (κ1) is 10.5. The number of nitrogens with two attached hydrogens (primary N) is 1. The van der Waals surface area contributed by atoms with Gasteiger partial charge in [-0.25, -0.2) is 8.42 Å². The predicted molar refractivity (Wildman–Crippen MR) is 63.4 cm³/mol. The molecule has 1 atom stereocenters. The third-order valence-corrected chi connectivity index (χ3v) is 4.82. The summed E-state index contributed by atoms with van der Waals surface area (Å²) in [5, 5.41) is 8.09. The van der Waals surface area contributed by atoms with Crippen molar-refractivity contribution in [1.82, 2.24) is 14.6 Å². The lowest BCUT2D eigenvalue weighted by molar-refractivity contribution is 0.601. The molecule has 1 saturated heterocycles. The van der Waals surface area contributed by atoms with E-state index in [-0.39, 0.29) is 17.4 Å². The Morgan fingerprint density at radius 3 is 2.88 bits per heavy atom. The van der Waals surface area contributed by atoms with Crippen LogP contribution in [0.1, 0.15) is 18.2 Å². The SMILES string of the molecule is Nc1ccc2nnc(C3CCS(=O)(=O)C3)n2c1. The first-order valence-corrected chi connectivity index (χ1v) is 7.18. The molecule has 0 bridgehead atoms. The van der Waals surface area contributed by atoms with Crippen molar-refractivity contribution in [2.45, 2.75) is 12.3 Å². The van der Waals surface area contributed by atoms with Gasteiger partial charge in [-0.1, -0.05) is 0 Å². The Kier molecular flexibility index (Phi) is 2.12. The average Bonchev–Trinajstić information content (AvgIpc) is 2.81. The summed E-state index contributed by atoms with van der Waals surface area (Å²) in [7, 11) is -2.91. The van der Waals surface area contributed by atoms with E-state index < -0.39 is 9.84 Å². The summed E-state index contributed by atoms with van der Waals surface area (Å²) >= 11 is 0. The first-order valence-electron chi connectivity index (χ1n) is 5.36. The second kappa shape index (κ2) is 3.43. The topological polar surface area (TPSA) is 90.3 Å². The van der Waals surface area contributed by atoms with Gasteiger partial charge in [0.2, 0.25) is 0 Å². The largest absolute Gasteiger partial charge is 0.398 e. The second-order valence-electron chi connectivity index (χ2n) is 4.35. The second-order valence-corrected chi connectivity index (χ2v) is 6.58. The summed E-state index contributed by atoms with van der Waals surface area (Å²) in [6, 6.07) is 3.52. The van der Waals surface area contributed by atoms with E-state index >= 15 is 0 Å². The number of nitrogen functional groups attached to an aromatic ring is 1. The molecule has 1 aliphatic rings. The lowest BCUT2D eigenvalue weighted by Crippen LogP contribution is -2.07. The van der Waals surface area contributed by atoms with Gasteiger partial charge in [0, 0.05) is 17.8 Å².